The molecule has 96 valence electrons. The Balaban J connectivity index is -0.0000000267. The van der Waals surface area contributed by atoms with E-state index in [4.69, 9.17) is 0 Å². The first kappa shape index (κ1) is 36.7. The molecule has 14 heavy (non-hydrogen) atoms. The van der Waals surface area contributed by atoms with Gasteiger partial charge in [-0.2, -0.15) is 14.0 Å². The van der Waals surface area contributed by atoms with Crippen molar-refractivity contribution in [1.29, 1.82) is 0 Å². The second-order valence-electron chi connectivity index (χ2n) is 1.04. The summed E-state index contributed by atoms with van der Waals surface area (Å²) in [4.78, 5) is 0. The monoisotopic (exact) mass is 268 g/mol. The van der Waals surface area contributed by atoms with Crippen molar-refractivity contribution in [2.75, 3.05) is 6.35 Å². The van der Waals surface area contributed by atoms with Gasteiger partial charge >= 0.3 is 8.38 Å². The summed E-state index contributed by atoms with van der Waals surface area (Å²) >= 11 is 0. The first-order valence-electron chi connectivity index (χ1n) is 1.59. The molecule has 0 spiro atoms. The lowest BCUT2D eigenvalue weighted by molar-refractivity contribution is -1.91. The maximum atomic E-state index is 9.61. The molecule has 0 aliphatic carbocycles. The first-order chi connectivity index (χ1) is 3.58. The summed E-state index contributed by atoms with van der Waals surface area (Å²) < 4.78 is 37.0. The molecule has 1 fully saturated rings. The highest BCUT2D eigenvalue weighted by molar-refractivity contribution is 7.52. The average molecular weight is 269 g/mol. The molecule has 1 heterocycles. The summed E-state index contributed by atoms with van der Waals surface area (Å²) in [6.45, 7) is 0. The van der Waals surface area contributed by atoms with E-state index in [-0.39, 0.29) is 39.2 Å². The molecule has 0 aromatic rings. The van der Waals surface area contributed by atoms with Gasteiger partial charge < -0.3 is 37.4 Å². The predicted octanol–water partition coefficient (Wildman–Crippen LogP) is -7.75. The molecule has 1 aliphatic rings. The van der Waals surface area contributed by atoms with Gasteiger partial charge in [-0.05, 0) is 0 Å². The molecule has 11 nitrogen and oxygen atoms in total. The highest BCUT2D eigenvalue weighted by Gasteiger charge is 2.42. The molecule has 12 N–H and O–H groups in total. The summed E-state index contributed by atoms with van der Waals surface area (Å²) in [5.74, 6) is 0. The molecule has 1 rings (SSSR count). The fourth-order valence-electron chi connectivity index (χ4n) is 0.158. The highest BCUT2D eigenvalue weighted by atomic mass is 35.7. The van der Waals surface area contributed by atoms with Gasteiger partial charge in [0.25, 0.3) is 0 Å². The lowest BCUT2D eigenvalue weighted by atomic mass is 11.7. The largest absolute Gasteiger partial charge is 0.412 e. The third-order valence-electron chi connectivity index (χ3n) is 0.396. The molecule has 1 aliphatic heterocycles. The van der Waals surface area contributed by atoms with Crippen LogP contribution in [0.4, 0.5) is 0 Å². The van der Waals surface area contributed by atoms with E-state index in [2.05, 4.69) is 8.60 Å². The predicted molar refractivity (Wildman–Crippen MR) is 35.6 cm³/mol. The van der Waals surface area contributed by atoms with Crippen molar-refractivity contribution < 1.29 is 65.7 Å². The Bertz CT molecular complexity index is 87.8. The van der Waals surface area contributed by atoms with Crippen molar-refractivity contribution in [2.45, 2.75) is 0 Å². The van der Waals surface area contributed by atoms with Gasteiger partial charge in [-0.1, -0.05) is 0 Å². The van der Waals surface area contributed by atoms with E-state index in [1.165, 1.54) is 0 Å². The van der Waals surface area contributed by atoms with E-state index in [0.29, 0.717) is 0 Å². The van der Waals surface area contributed by atoms with Gasteiger partial charge in [0.1, 0.15) is 10.4 Å². The van der Waals surface area contributed by atoms with Gasteiger partial charge in [-0.25, -0.2) is 0 Å². The Morgan fingerprint density at radius 1 is 0.929 bits per heavy atom. The maximum Gasteiger partial charge on any atom is 0.384 e. The van der Waals surface area contributed by atoms with E-state index in [9.17, 15) is 14.0 Å². The standard InChI is InChI=1S/CH2ClO5P.6H2O/c3-2(4,5)7-8-1-6-8;;;;;;/h1H2;6*1H2. The van der Waals surface area contributed by atoms with Crippen LogP contribution in [0.25, 0.3) is 0 Å². The minimum absolute atomic E-state index is 0. The Labute approximate surface area is 81.4 Å². The Kier molecular flexibility index (Phi) is 34.8. The Morgan fingerprint density at radius 2 is 1.21 bits per heavy atom. The van der Waals surface area contributed by atoms with E-state index >= 15 is 0 Å². The normalized spacial score (nSPS) is 16.1. The van der Waals surface area contributed by atoms with E-state index in [1.54, 1.807) is 0 Å². The second-order valence-corrected chi connectivity index (χ2v) is 3.53. The minimum Gasteiger partial charge on any atom is -0.412 e. The second kappa shape index (κ2) is 13.3. The summed E-state index contributed by atoms with van der Waals surface area (Å²) in [5, 5.41) is 0. The van der Waals surface area contributed by atoms with Crippen LogP contribution in [0.5, 0.6) is 0 Å². The van der Waals surface area contributed by atoms with Crippen LogP contribution in [0.2, 0.25) is 0 Å². The lowest BCUT2D eigenvalue weighted by Crippen LogP contribution is -2.59. The van der Waals surface area contributed by atoms with Crippen molar-refractivity contribution in [3.05, 3.63) is 0 Å². The van der Waals surface area contributed by atoms with Crippen LogP contribution in [-0.2, 0) is 8.60 Å². The molecular formula is CH14ClO11P. The van der Waals surface area contributed by atoms with E-state index in [1.807, 2.05) is 0 Å². The zero-order valence-electron chi connectivity index (χ0n) is 6.57. The van der Waals surface area contributed by atoms with Crippen LogP contribution >= 0.6 is 8.38 Å². The molecule has 0 amide bonds. The first-order valence-corrected chi connectivity index (χ1v) is 4.18. The molecule has 0 bridgehead atoms. The van der Waals surface area contributed by atoms with Gasteiger partial charge in [0.15, 0.2) is 0 Å². The summed E-state index contributed by atoms with van der Waals surface area (Å²) in [6, 6.07) is 0. The zero-order chi connectivity index (χ0) is 6.20. The molecular weight excluding hydrogens is 254 g/mol. The molecule has 1 atom stereocenters. The van der Waals surface area contributed by atoms with Crippen molar-refractivity contribution in [3.63, 3.8) is 0 Å². The highest BCUT2D eigenvalue weighted by Crippen LogP contribution is 2.55. The van der Waals surface area contributed by atoms with E-state index in [0.717, 1.165) is 0 Å². The minimum atomic E-state index is -4.26. The third kappa shape index (κ3) is 22.8. The van der Waals surface area contributed by atoms with Crippen molar-refractivity contribution in [1.82, 2.24) is 0 Å². The zero-order valence-corrected chi connectivity index (χ0v) is 8.22. The van der Waals surface area contributed by atoms with Crippen molar-refractivity contribution >= 4 is 8.38 Å². The van der Waals surface area contributed by atoms with Crippen molar-refractivity contribution in [2.24, 2.45) is 0 Å². The fourth-order valence-corrected chi connectivity index (χ4v) is 1.42. The topological polar surface area (TPSA) is 280 Å². The molecule has 0 aromatic carbocycles. The molecule has 1 saturated heterocycles. The molecule has 1 unspecified atom stereocenters. The van der Waals surface area contributed by atoms with Gasteiger partial charge in [0.2, 0.25) is 0 Å². The summed E-state index contributed by atoms with van der Waals surface area (Å²) in [7, 11) is -5.61. The van der Waals surface area contributed by atoms with Crippen LogP contribution < -0.4 is 14.0 Å². The van der Waals surface area contributed by atoms with Crippen LogP contribution in [0, 0.1) is 10.2 Å². The summed E-state index contributed by atoms with van der Waals surface area (Å²) in [6.07, 6.45) is 0.254. The number of hydrogen-bond acceptors (Lipinski definition) is 5. The third-order valence-corrected chi connectivity index (χ3v) is 2.16. The fraction of sp³-hybridized carbons (Fsp3) is 1.00. The quantitative estimate of drug-likeness (QED) is 0.347. The van der Waals surface area contributed by atoms with Crippen LogP contribution in [-0.4, -0.2) is 39.2 Å². The Morgan fingerprint density at radius 3 is 1.29 bits per heavy atom. The molecule has 13 heteroatoms. The van der Waals surface area contributed by atoms with E-state index < -0.39 is 18.6 Å². The van der Waals surface area contributed by atoms with Crippen LogP contribution in [0.15, 0.2) is 0 Å². The number of rotatable bonds is 2. The molecule has 0 radical (unpaired) electrons. The summed E-state index contributed by atoms with van der Waals surface area (Å²) in [5.41, 5.74) is 0. The lowest BCUT2D eigenvalue weighted by Gasteiger charge is -2.09. The van der Waals surface area contributed by atoms with Crippen LogP contribution in [0.3, 0.4) is 0 Å². The smallest absolute Gasteiger partial charge is 0.384 e. The number of hydrogen-bond donors (Lipinski definition) is 0. The average Bonchev–Trinajstić information content (AvgIpc) is 2.12. The SMILES string of the molecule is O.O.O.O.O.O.[O-][Cl+3]([O-])([O-])OP1CO1. The Hall–Kier alpha value is 0.280. The van der Waals surface area contributed by atoms with Gasteiger partial charge in [0.05, 0.1) is 10.2 Å². The van der Waals surface area contributed by atoms with Gasteiger partial charge in [-0.15, -0.1) is 0 Å². The number of halogens is 1. The van der Waals surface area contributed by atoms with Gasteiger partial charge in [0, 0.05) is 0 Å². The van der Waals surface area contributed by atoms with Crippen molar-refractivity contribution in [3.8, 4) is 0 Å². The molecule has 0 saturated carbocycles. The maximum absolute atomic E-state index is 9.61. The molecule has 0 aromatic heterocycles. The van der Waals surface area contributed by atoms with Crippen LogP contribution in [0.1, 0.15) is 0 Å². The van der Waals surface area contributed by atoms with Gasteiger partial charge in [-0.3, -0.25) is 0 Å².